The van der Waals surface area contributed by atoms with Gasteiger partial charge >= 0.3 is 0 Å². The maximum atomic E-state index is 5.13. The Balaban J connectivity index is 2.19. The largest absolute Gasteiger partial charge is 0.354 e. The topological polar surface area (TPSA) is 72.1 Å². The van der Waals surface area contributed by atoms with Crippen molar-refractivity contribution in [3.63, 3.8) is 0 Å². The van der Waals surface area contributed by atoms with Crippen molar-refractivity contribution in [1.82, 2.24) is 20.5 Å². The Morgan fingerprint density at radius 3 is 2.73 bits per heavy atom. The smallest absolute Gasteiger partial charge is 0.171 e. The van der Waals surface area contributed by atoms with Crippen LogP contribution in [-0.2, 0) is 15.9 Å². The second kappa shape index (κ2) is 6.49. The highest BCUT2D eigenvalue weighted by Crippen LogP contribution is 1.98. The Morgan fingerprint density at radius 2 is 2.20 bits per heavy atom. The molecule has 0 amide bonds. The summed E-state index contributed by atoms with van der Waals surface area (Å²) in [5.41, 5.74) is 0. The molecule has 0 aliphatic rings. The molecule has 1 unspecified atom stereocenters. The van der Waals surface area contributed by atoms with Gasteiger partial charge in [0.1, 0.15) is 12.2 Å². The molecular weight excluding hydrogens is 196 g/mol. The van der Waals surface area contributed by atoms with E-state index in [1.54, 1.807) is 14.2 Å². The van der Waals surface area contributed by atoms with Gasteiger partial charge in [0.2, 0.25) is 0 Å². The van der Waals surface area contributed by atoms with E-state index < -0.39 is 0 Å². The van der Waals surface area contributed by atoms with Gasteiger partial charge in [-0.3, -0.25) is 5.10 Å². The standard InChI is InChI=1S/C9H18N4O2/c1-7(9(14-2)15-3)10-5-4-8-11-6-12-13-8/h6-7,9-10H,4-5H2,1-3H3,(H,11,12,13). The first-order valence-electron chi connectivity index (χ1n) is 4.91. The van der Waals surface area contributed by atoms with Crippen molar-refractivity contribution in [3.05, 3.63) is 12.2 Å². The molecule has 1 rings (SSSR count). The van der Waals surface area contributed by atoms with Crippen LogP contribution in [0.15, 0.2) is 6.33 Å². The number of H-pyrrole nitrogens is 1. The highest BCUT2D eigenvalue weighted by atomic mass is 16.7. The van der Waals surface area contributed by atoms with Crippen LogP contribution in [0.5, 0.6) is 0 Å². The summed E-state index contributed by atoms with van der Waals surface area (Å²) in [6.07, 6.45) is 2.09. The molecular formula is C9H18N4O2. The highest BCUT2D eigenvalue weighted by molar-refractivity contribution is 4.81. The van der Waals surface area contributed by atoms with E-state index >= 15 is 0 Å². The lowest BCUT2D eigenvalue weighted by Gasteiger charge is -2.21. The molecule has 0 aromatic carbocycles. The van der Waals surface area contributed by atoms with Crippen LogP contribution in [0, 0.1) is 0 Å². The van der Waals surface area contributed by atoms with Gasteiger partial charge in [0.05, 0.1) is 6.04 Å². The van der Waals surface area contributed by atoms with Gasteiger partial charge < -0.3 is 14.8 Å². The monoisotopic (exact) mass is 214 g/mol. The summed E-state index contributed by atoms with van der Waals surface area (Å²) >= 11 is 0. The fourth-order valence-corrected chi connectivity index (χ4v) is 1.37. The minimum Gasteiger partial charge on any atom is -0.354 e. The van der Waals surface area contributed by atoms with Crippen LogP contribution < -0.4 is 5.32 Å². The number of aromatic amines is 1. The molecule has 0 aliphatic heterocycles. The zero-order valence-electron chi connectivity index (χ0n) is 9.36. The van der Waals surface area contributed by atoms with Crippen LogP contribution >= 0.6 is 0 Å². The zero-order chi connectivity index (χ0) is 11.1. The van der Waals surface area contributed by atoms with Gasteiger partial charge in [0.25, 0.3) is 0 Å². The molecule has 1 aromatic heterocycles. The van der Waals surface area contributed by atoms with E-state index in [-0.39, 0.29) is 12.3 Å². The van der Waals surface area contributed by atoms with Crippen molar-refractivity contribution in [3.8, 4) is 0 Å². The van der Waals surface area contributed by atoms with Crippen LogP contribution in [0.3, 0.4) is 0 Å². The summed E-state index contributed by atoms with van der Waals surface area (Å²) in [5.74, 6) is 0.876. The molecule has 6 heteroatoms. The number of rotatable bonds is 7. The molecule has 15 heavy (non-hydrogen) atoms. The summed E-state index contributed by atoms with van der Waals surface area (Å²) in [5, 5.41) is 9.86. The summed E-state index contributed by atoms with van der Waals surface area (Å²) < 4.78 is 10.3. The molecule has 2 N–H and O–H groups in total. The molecule has 0 radical (unpaired) electrons. The van der Waals surface area contributed by atoms with Crippen molar-refractivity contribution >= 4 is 0 Å². The molecule has 0 fully saturated rings. The molecule has 0 spiro atoms. The van der Waals surface area contributed by atoms with Gasteiger partial charge in [-0.05, 0) is 6.92 Å². The highest BCUT2D eigenvalue weighted by Gasteiger charge is 2.14. The van der Waals surface area contributed by atoms with Crippen LogP contribution in [0.25, 0.3) is 0 Å². The van der Waals surface area contributed by atoms with Crippen LogP contribution in [0.2, 0.25) is 0 Å². The van der Waals surface area contributed by atoms with Crippen LogP contribution in [0.1, 0.15) is 12.7 Å². The van der Waals surface area contributed by atoms with Crippen LogP contribution in [-0.4, -0.2) is 48.3 Å². The number of methoxy groups -OCH3 is 2. The first-order valence-corrected chi connectivity index (χ1v) is 4.91. The normalized spacial score (nSPS) is 13.3. The zero-order valence-corrected chi connectivity index (χ0v) is 9.36. The maximum absolute atomic E-state index is 5.13. The third-order valence-electron chi connectivity index (χ3n) is 2.17. The van der Waals surface area contributed by atoms with Gasteiger partial charge in [0.15, 0.2) is 6.29 Å². The molecule has 86 valence electrons. The van der Waals surface area contributed by atoms with E-state index in [1.165, 1.54) is 6.33 Å². The molecule has 0 saturated carbocycles. The summed E-state index contributed by atoms with van der Waals surface area (Å²) in [6, 6.07) is 0.142. The quantitative estimate of drug-likeness (QED) is 0.622. The van der Waals surface area contributed by atoms with E-state index in [4.69, 9.17) is 9.47 Å². The molecule has 0 saturated heterocycles. The van der Waals surface area contributed by atoms with E-state index in [2.05, 4.69) is 20.5 Å². The lowest BCUT2D eigenvalue weighted by Crippen LogP contribution is -2.40. The first-order chi connectivity index (χ1) is 7.27. The number of hydrogen-bond donors (Lipinski definition) is 2. The molecule has 1 aromatic rings. The summed E-state index contributed by atoms with van der Waals surface area (Å²) in [4.78, 5) is 4.03. The van der Waals surface area contributed by atoms with Gasteiger partial charge in [-0.15, -0.1) is 0 Å². The lowest BCUT2D eigenvalue weighted by atomic mass is 10.3. The minimum absolute atomic E-state index is 0.142. The SMILES string of the molecule is COC(OC)C(C)NCCc1ncn[nH]1. The van der Waals surface area contributed by atoms with Gasteiger partial charge in [0, 0.05) is 27.2 Å². The second-order valence-corrected chi connectivity index (χ2v) is 3.26. The average molecular weight is 214 g/mol. The summed E-state index contributed by atoms with van der Waals surface area (Å²) in [7, 11) is 3.26. The predicted octanol–water partition coefficient (Wildman–Crippen LogP) is -0.0558. The number of aromatic nitrogens is 3. The Bertz CT molecular complexity index is 249. The number of hydrogen-bond acceptors (Lipinski definition) is 5. The number of ether oxygens (including phenoxy) is 2. The molecule has 1 atom stereocenters. The van der Waals surface area contributed by atoms with Gasteiger partial charge in [-0.1, -0.05) is 0 Å². The van der Waals surface area contributed by atoms with Crippen molar-refractivity contribution < 1.29 is 9.47 Å². The fourth-order valence-electron chi connectivity index (χ4n) is 1.37. The Labute approximate surface area is 89.4 Å². The van der Waals surface area contributed by atoms with E-state index in [9.17, 15) is 0 Å². The van der Waals surface area contributed by atoms with Crippen molar-refractivity contribution in [2.45, 2.75) is 25.7 Å². The Kier molecular flexibility index (Phi) is 5.23. The maximum Gasteiger partial charge on any atom is 0.171 e. The average Bonchev–Trinajstić information content (AvgIpc) is 2.72. The van der Waals surface area contributed by atoms with Crippen molar-refractivity contribution in [2.75, 3.05) is 20.8 Å². The Hall–Kier alpha value is -0.980. The third kappa shape index (κ3) is 3.94. The van der Waals surface area contributed by atoms with E-state index in [0.29, 0.717) is 0 Å². The van der Waals surface area contributed by atoms with Crippen molar-refractivity contribution in [1.29, 1.82) is 0 Å². The number of nitrogens with one attached hydrogen (secondary N) is 2. The van der Waals surface area contributed by atoms with E-state index in [0.717, 1.165) is 18.8 Å². The molecule has 0 aliphatic carbocycles. The minimum atomic E-state index is -0.222. The van der Waals surface area contributed by atoms with Gasteiger partial charge in [-0.2, -0.15) is 5.10 Å². The molecule has 0 bridgehead atoms. The van der Waals surface area contributed by atoms with Gasteiger partial charge in [-0.25, -0.2) is 4.98 Å². The van der Waals surface area contributed by atoms with Crippen LogP contribution in [0.4, 0.5) is 0 Å². The molecule has 6 nitrogen and oxygen atoms in total. The molecule has 1 heterocycles. The Morgan fingerprint density at radius 1 is 1.47 bits per heavy atom. The first kappa shape index (κ1) is 12.1. The van der Waals surface area contributed by atoms with E-state index in [1.807, 2.05) is 6.92 Å². The lowest BCUT2D eigenvalue weighted by molar-refractivity contribution is -0.119. The second-order valence-electron chi connectivity index (χ2n) is 3.26. The number of nitrogens with zero attached hydrogens (tertiary/aromatic N) is 2. The fraction of sp³-hybridized carbons (Fsp3) is 0.778. The van der Waals surface area contributed by atoms with Crippen molar-refractivity contribution in [2.24, 2.45) is 0 Å². The summed E-state index contributed by atoms with van der Waals surface area (Å²) in [6.45, 7) is 2.82. The third-order valence-corrected chi connectivity index (χ3v) is 2.17. The predicted molar refractivity (Wildman–Crippen MR) is 55.4 cm³/mol.